The predicted molar refractivity (Wildman–Crippen MR) is 169 cm³/mol. The lowest BCUT2D eigenvalue weighted by molar-refractivity contribution is -0.124. The molecule has 2 amide bonds. The van der Waals surface area contributed by atoms with Crippen LogP contribution >= 0.6 is 0 Å². The second kappa shape index (κ2) is 12.7. The Labute approximate surface area is 266 Å². The quantitative estimate of drug-likeness (QED) is 0.223. The molecule has 1 saturated heterocycles. The van der Waals surface area contributed by atoms with Crippen LogP contribution in [0, 0.1) is 12.7 Å². The monoisotopic (exact) mass is 649 g/mol. The van der Waals surface area contributed by atoms with Crippen LogP contribution in [0.4, 0.5) is 9.18 Å². The number of aromatic nitrogens is 2. The van der Waals surface area contributed by atoms with Crippen molar-refractivity contribution in [3.63, 3.8) is 0 Å². The number of likely N-dealkylation sites (tertiary alicyclic amines) is 1. The highest BCUT2D eigenvalue weighted by atomic mass is 32.2. The maximum atomic E-state index is 15.5. The number of pyridine rings is 1. The summed E-state index contributed by atoms with van der Waals surface area (Å²) in [6, 6.07) is 11.2. The molecular weight excluding hydrogens is 613 g/mol. The number of hydrogen-bond donors (Lipinski definition) is 3. The van der Waals surface area contributed by atoms with Gasteiger partial charge >= 0.3 is 6.09 Å². The van der Waals surface area contributed by atoms with Gasteiger partial charge in [-0.1, -0.05) is 23.8 Å². The van der Waals surface area contributed by atoms with Gasteiger partial charge in [0.1, 0.15) is 11.8 Å². The highest BCUT2D eigenvalue weighted by Crippen LogP contribution is 2.47. The standard InChI is InChI=1S/C33H36FN5O6S/c1-20-3-8-24(9-4-20)46(43,44)39-19-25(22-6-7-22)30-29(11-14-35-31(30)39)45-28-10-5-21(17-26(28)34)18-27(37-33(41)42)32(40)36-23-12-15-38(2)16-13-23/h3-5,8-11,14,17,19,22-23,27,37H,6-7,12-13,15-16,18H2,1-2H3,(H,36,40)(H,41,42)/t27-/m0/s1. The summed E-state index contributed by atoms with van der Waals surface area (Å²) in [5, 5.41) is 15.0. The highest BCUT2D eigenvalue weighted by Gasteiger charge is 2.33. The average Bonchev–Trinajstić information content (AvgIpc) is 3.78. The van der Waals surface area contributed by atoms with E-state index in [1.807, 2.05) is 14.0 Å². The summed E-state index contributed by atoms with van der Waals surface area (Å²) in [5.41, 5.74) is 2.29. The number of nitrogens with one attached hydrogen (secondary N) is 2. The topological polar surface area (TPSA) is 143 Å². The minimum Gasteiger partial charge on any atom is -0.465 e. The first kappa shape index (κ1) is 31.5. The van der Waals surface area contributed by atoms with Gasteiger partial charge in [0.25, 0.3) is 10.0 Å². The van der Waals surface area contributed by atoms with Crippen molar-refractivity contribution in [3.8, 4) is 11.5 Å². The van der Waals surface area contributed by atoms with Crippen LogP contribution in [-0.4, -0.2) is 71.6 Å². The van der Waals surface area contributed by atoms with Crippen LogP contribution < -0.4 is 15.4 Å². The number of carboxylic acid groups (broad SMARTS) is 1. The maximum Gasteiger partial charge on any atom is 0.405 e. The number of amides is 2. The van der Waals surface area contributed by atoms with Crippen molar-refractivity contribution in [2.45, 2.75) is 61.9 Å². The number of carbonyl (C=O) groups is 2. The van der Waals surface area contributed by atoms with Crippen molar-refractivity contribution in [1.29, 1.82) is 0 Å². The van der Waals surface area contributed by atoms with Gasteiger partial charge in [0.2, 0.25) is 5.91 Å². The second-order valence-corrected chi connectivity index (χ2v) is 14.0. The molecule has 2 fully saturated rings. The van der Waals surface area contributed by atoms with Crippen LogP contribution in [0.3, 0.4) is 0 Å². The SMILES string of the molecule is Cc1ccc(S(=O)(=O)n2cc(C3CC3)c3c(Oc4ccc(C[C@H](NC(=O)O)C(=O)NC5CCN(C)CC5)cc4F)ccnc32)cc1. The molecule has 1 aliphatic heterocycles. The molecule has 1 aliphatic carbocycles. The van der Waals surface area contributed by atoms with Gasteiger partial charge in [-0.25, -0.2) is 26.6 Å². The summed E-state index contributed by atoms with van der Waals surface area (Å²) in [7, 11) is -1.96. The largest absolute Gasteiger partial charge is 0.465 e. The van der Waals surface area contributed by atoms with E-state index in [1.54, 1.807) is 42.6 Å². The van der Waals surface area contributed by atoms with Crippen molar-refractivity contribution in [2.24, 2.45) is 0 Å². The molecule has 6 rings (SSSR count). The Morgan fingerprint density at radius 2 is 1.78 bits per heavy atom. The van der Waals surface area contributed by atoms with E-state index in [0.29, 0.717) is 10.9 Å². The Bertz CT molecular complexity index is 1880. The van der Waals surface area contributed by atoms with Crippen molar-refractivity contribution < 1.29 is 32.2 Å². The fraction of sp³-hybridized carbons (Fsp3) is 0.364. The van der Waals surface area contributed by atoms with Crippen molar-refractivity contribution in [2.75, 3.05) is 20.1 Å². The van der Waals surface area contributed by atoms with E-state index in [9.17, 15) is 23.1 Å². The lowest BCUT2D eigenvalue weighted by atomic mass is 10.0. The molecule has 2 aliphatic rings. The first-order valence-electron chi connectivity index (χ1n) is 15.3. The van der Waals surface area contributed by atoms with Gasteiger partial charge in [0.15, 0.2) is 17.2 Å². The summed E-state index contributed by atoms with van der Waals surface area (Å²) >= 11 is 0. The van der Waals surface area contributed by atoms with Crippen molar-refractivity contribution in [1.82, 2.24) is 24.5 Å². The number of benzene rings is 2. The van der Waals surface area contributed by atoms with Gasteiger partial charge in [-0.3, -0.25) is 4.79 Å². The van der Waals surface area contributed by atoms with Gasteiger partial charge < -0.3 is 25.4 Å². The van der Waals surface area contributed by atoms with Crippen molar-refractivity contribution >= 4 is 33.1 Å². The molecule has 0 bridgehead atoms. The van der Waals surface area contributed by atoms with E-state index < -0.39 is 33.9 Å². The number of hydrogen-bond acceptors (Lipinski definition) is 7. The van der Waals surface area contributed by atoms with Gasteiger partial charge in [0.05, 0.1) is 10.3 Å². The first-order chi connectivity index (χ1) is 22.0. The molecule has 2 aromatic heterocycles. The maximum absolute atomic E-state index is 15.5. The fourth-order valence-electron chi connectivity index (χ4n) is 5.84. The van der Waals surface area contributed by atoms with Crippen LogP contribution in [0.25, 0.3) is 11.0 Å². The van der Waals surface area contributed by atoms with Crippen LogP contribution in [0.2, 0.25) is 0 Å². The number of ether oxygens (including phenoxy) is 1. The molecule has 1 saturated carbocycles. The Morgan fingerprint density at radius 3 is 2.43 bits per heavy atom. The number of carbonyl (C=O) groups excluding carboxylic acids is 1. The molecule has 1 atom stereocenters. The van der Waals surface area contributed by atoms with E-state index in [1.165, 1.54) is 22.3 Å². The molecule has 3 heterocycles. The molecule has 4 aromatic rings. The second-order valence-electron chi connectivity index (χ2n) is 12.1. The number of aryl methyl sites for hydroxylation is 1. The number of halogens is 1. The molecule has 0 unspecified atom stereocenters. The summed E-state index contributed by atoms with van der Waals surface area (Å²) in [5.74, 6) is -0.887. The van der Waals surface area contributed by atoms with Crippen LogP contribution in [0.15, 0.2) is 65.8 Å². The summed E-state index contributed by atoms with van der Waals surface area (Å²) in [6.45, 7) is 3.53. The van der Waals surface area contributed by atoms with Crippen LogP contribution in [-0.2, 0) is 21.2 Å². The zero-order valence-electron chi connectivity index (χ0n) is 25.6. The molecule has 3 N–H and O–H groups in total. The van der Waals surface area contributed by atoms with Gasteiger partial charge in [-0.05, 0) is 100 Å². The third kappa shape index (κ3) is 6.70. The average molecular weight is 650 g/mol. The summed E-state index contributed by atoms with van der Waals surface area (Å²) in [6.07, 6.45) is 4.89. The van der Waals surface area contributed by atoms with Crippen LogP contribution in [0.1, 0.15) is 48.3 Å². The van der Waals surface area contributed by atoms with Gasteiger partial charge in [-0.15, -0.1) is 0 Å². The number of rotatable bonds is 10. The number of fused-ring (bicyclic) bond motifs is 1. The number of nitrogens with zero attached hydrogens (tertiary/aromatic N) is 3. The molecule has 0 radical (unpaired) electrons. The Hall–Kier alpha value is -4.49. The van der Waals surface area contributed by atoms with Crippen molar-refractivity contribution in [3.05, 3.63) is 83.4 Å². The normalized spacial score (nSPS) is 16.7. The highest BCUT2D eigenvalue weighted by molar-refractivity contribution is 7.90. The lowest BCUT2D eigenvalue weighted by Gasteiger charge is -2.30. The molecule has 13 heteroatoms. The predicted octanol–water partition coefficient (Wildman–Crippen LogP) is 4.78. The fourth-order valence-corrected chi connectivity index (χ4v) is 7.17. The molecule has 46 heavy (non-hydrogen) atoms. The summed E-state index contributed by atoms with van der Waals surface area (Å²) in [4.78, 5) is 31.2. The third-order valence-corrected chi connectivity index (χ3v) is 10.2. The Morgan fingerprint density at radius 1 is 1.07 bits per heavy atom. The van der Waals surface area contributed by atoms with E-state index in [2.05, 4.69) is 20.5 Å². The van der Waals surface area contributed by atoms with E-state index in [0.717, 1.165) is 49.9 Å². The molecule has 2 aromatic carbocycles. The minimum atomic E-state index is -3.97. The summed E-state index contributed by atoms with van der Waals surface area (Å²) < 4.78 is 50.0. The third-order valence-electron chi connectivity index (χ3n) is 8.58. The molecular formula is C33H36FN5O6S. The molecule has 11 nitrogen and oxygen atoms in total. The molecule has 0 spiro atoms. The Kier molecular flexibility index (Phi) is 8.71. The lowest BCUT2D eigenvalue weighted by Crippen LogP contribution is -2.52. The van der Waals surface area contributed by atoms with Gasteiger partial charge in [-0.2, -0.15) is 0 Å². The number of piperidine rings is 1. The van der Waals surface area contributed by atoms with E-state index >= 15 is 4.39 Å². The smallest absolute Gasteiger partial charge is 0.405 e. The first-order valence-corrected chi connectivity index (χ1v) is 16.7. The minimum absolute atomic E-state index is 0.0613. The van der Waals surface area contributed by atoms with E-state index in [4.69, 9.17) is 4.74 Å². The zero-order valence-corrected chi connectivity index (χ0v) is 26.4. The zero-order chi connectivity index (χ0) is 32.6. The van der Waals surface area contributed by atoms with Crippen LogP contribution in [0.5, 0.6) is 11.5 Å². The van der Waals surface area contributed by atoms with E-state index in [-0.39, 0.29) is 40.4 Å². The Balaban J connectivity index is 1.25. The van der Waals surface area contributed by atoms with Gasteiger partial charge in [0, 0.05) is 24.9 Å². The molecule has 242 valence electrons.